The number of carbonyl (C=O) groups excluding carboxylic acids is 1. The molecular weight excluding hydrogens is 294 g/mol. The van der Waals surface area contributed by atoms with E-state index in [2.05, 4.69) is 9.88 Å². The number of pyridine rings is 1. The van der Waals surface area contributed by atoms with Crippen molar-refractivity contribution in [1.29, 1.82) is 0 Å². The fraction of sp³-hybridized carbons (Fsp3) is 0.294. The van der Waals surface area contributed by atoms with Crippen LogP contribution in [0.15, 0.2) is 53.5 Å². The lowest BCUT2D eigenvalue weighted by atomic mass is 10.2. The van der Waals surface area contributed by atoms with E-state index in [1.54, 1.807) is 17.2 Å². The molecule has 1 aliphatic rings. The van der Waals surface area contributed by atoms with Crippen molar-refractivity contribution >= 4 is 11.8 Å². The highest BCUT2D eigenvalue weighted by Crippen LogP contribution is 2.14. The summed E-state index contributed by atoms with van der Waals surface area (Å²) in [6, 6.07) is 13.1. The van der Waals surface area contributed by atoms with Gasteiger partial charge in [0, 0.05) is 44.1 Å². The first-order valence-corrected chi connectivity index (χ1v) is 7.62. The predicted octanol–water partition coefficient (Wildman–Crippen LogP) is 1.83. The lowest BCUT2D eigenvalue weighted by Crippen LogP contribution is -2.49. The van der Waals surface area contributed by atoms with Gasteiger partial charge in [0.25, 0.3) is 0 Å². The van der Waals surface area contributed by atoms with Gasteiger partial charge in [-0.1, -0.05) is 30.3 Å². The number of nitrogens with one attached hydrogen (secondary N) is 1. The minimum atomic E-state index is -0.292. The summed E-state index contributed by atoms with van der Waals surface area (Å²) >= 11 is 0. The third kappa shape index (κ3) is 3.91. The molecule has 6 heteroatoms. The number of aromatic nitrogens is 1. The molecule has 120 valence electrons. The molecule has 1 amide bonds. The number of hydrogen-bond donors (Lipinski definition) is 1. The van der Waals surface area contributed by atoms with Crippen LogP contribution in [0.4, 0.5) is 10.5 Å². The van der Waals surface area contributed by atoms with E-state index >= 15 is 0 Å². The van der Waals surface area contributed by atoms with Crippen molar-refractivity contribution in [3.63, 3.8) is 0 Å². The fourth-order valence-electron chi connectivity index (χ4n) is 2.59. The molecule has 0 unspecified atom stereocenters. The highest BCUT2D eigenvalue weighted by Gasteiger charge is 2.22. The smallest absolute Gasteiger partial charge is 0.410 e. The second kappa shape index (κ2) is 7.00. The van der Waals surface area contributed by atoms with Crippen LogP contribution in [-0.4, -0.2) is 42.2 Å². The van der Waals surface area contributed by atoms with Crippen LogP contribution in [0.25, 0.3) is 0 Å². The van der Waals surface area contributed by atoms with Gasteiger partial charge in [-0.15, -0.1) is 0 Å². The minimum absolute atomic E-state index is 0.118. The molecule has 1 fully saturated rings. The molecule has 0 aliphatic carbocycles. The Hall–Kier alpha value is -2.76. The van der Waals surface area contributed by atoms with E-state index in [4.69, 9.17) is 4.74 Å². The third-order valence-corrected chi connectivity index (χ3v) is 3.87. The summed E-state index contributed by atoms with van der Waals surface area (Å²) in [6.45, 7) is 2.82. The zero-order valence-electron chi connectivity index (χ0n) is 12.8. The zero-order chi connectivity index (χ0) is 16.1. The zero-order valence-corrected chi connectivity index (χ0v) is 12.8. The van der Waals surface area contributed by atoms with Crippen LogP contribution >= 0.6 is 0 Å². The maximum atomic E-state index is 12.1. The van der Waals surface area contributed by atoms with Crippen LogP contribution in [0.3, 0.4) is 0 Å². The Labute approximate surface area is 134 Å². The topological polar surface area (TPSA) is 65.6 Å². The number of ether oxygens (including phenoxy) is 1. The number of benzene rings is 1. The maximum absolute atomic E-state index is 12.1. The molecule has 2 aromatic rings. The van der Waals surface area contributed by atoms with E-state index in [9.17, 15) is 9.59 Å². The van der Waals surface area contributed by atoms with Gasteiger partial charge in [-0.05, 0) is 11.6 Å². The Morgan fingerprint density at radius 2 is 1.83 bits per heavy atom. The second-order valence-electron chi connectivity index (χ2n) is 5.43. The highest BCUT2D eigenvalue weighted by molar-refractivity contribution is 5.68. The third-order valence-electron chi connectivity index (χ3n) is 3.87. The highest BCUT2D eigenvalue weighted by atomic mass is 16.6. The van der Waals surface area contributed by atoms with Gasteiger partial charge in [0.2, 0.25) is 5.56 Å². The Morgan fingerprint density at radius 3 is 2.52 bits per heavy atom. The Morgan fingerprint density at radius 1 is 1.09 bits per heavy atom. The Balaban J connectivity index is 1.50. The molecule has 1 aromatic heterocycles. The van der Waals surface area contributed by atoms with E-state index in [1.807, 2.05) is 36.4 Å². The summed E-state index contributed by atoms with van der Waals surface area (Å²) in [7, 11) is 0. The number of carbonyl (C=O) groups is 1. The summed E-state index contributed by atoms with van der Waals surface area (Å²) in [4.78, 5) is 29.9. The van der Waals surface area contributed by atoms with E-state index < -0.39 is 0 Å². The van der Waals surface area contributed by atoms with Crippen LogP contribution in [0, 0.1) is 0 Å². The Kier molecular flexibility index (Phi) is 4.61. The van der Waals surface area contributed by atoms with Gasteiger partial charge in [0.15, 0.2) is 0 Å². The average molecular weight is 313 g/mol. The van der Waals surface area contributed by atoms with Gasteiger partial charge < -0.3 is 19.5 Å². The van der Waals surface area contributed by atoms with Crippen molar-refractivity contribution in [1.82, 2.24) is 9.88 Å². The van der Waals surface area contributed by atoms with Crippen molar-refractivity contribution in [2.45, 2.75) is 6.61 Å². The van der Waals surface area contributed by atoms with Gasteiger partial charge in [-0.25, -0.2) is 4.79 Å². The van der Waals surface area contributed by atoms with Gasteiger partial charge in [0.05, 0.1) is 0 Å². The fourth-order valence-corrected chi connectivity index (χ4v) is 2.59. The lowest BCUT2D eigenvalue weighted by molar-refractivity contribution is 0.0942. The number of anilines is 1. The quantitative estimate of drug-likeness (QED) is 0.939. The minimum Gasteiger partial charge on any atom is -0.445 e. The molecule has 2 heterocycles. The normalized spacial score (nSPS) is 14.6. The number of piperazine rings is 1. The molecule has 0 atom stereocenters. The average Bonchev–Trinajstić information content (AvgIpc) is 2.61. The first-order valence-electron chi connectivity index (χ1n) is 7.62. The number of amides is 1. The molecule has 0 radical (unpaired) electrons. The van der Waals surface area contributed by atoms with Gasteiger partial charge >= 0.3 is 6.09 Å². The molecule has 23 heavy (non-hydrogen) atoms. The Bertz CT molecular complexity index is 706. The number of nitrogens with zero attached hydrogens (tertiary/aromatic N) is 2. The van der Waals surface area contributed by atoms with Gasteiger partial charge in [0.1, 0.15) is 6.61 Å². The monoisotopic (exact) mass is 313 g/mol. The predicted molar refractivity (Wildman–Crippen MR) is 87.5 cm³/mol. The first-order chi connectivity index (χ1) is 11.2. The number of H-pyrrole nitrogens is 1. The summed E-state index contributed by atoms with van der Waals surface area (Å²) in [5, 5.41) is 0. The molecule has 0 bridgehead atoms. The van der Waals surface area contributed by atoms with Crippen LogP contribution in [0.1, 0.15) is 5.56 Å². The van der Waals surface area contributed by atoms with Gasteiger partial charge in [-0.3, -0.25) is 4.79 Å². The molecule has 6 nitrogen and oxygen atoms in total. The van der Waals surface area contributed by atoms with E-state index in [0.717, 1.165) is 11.3 Å². The van der Waals surface area contributed by atoms with Crippen molar-refractivity contribution < 1.29 is 9.53 Å². The lowest BCUT2D eigenvalue weighted by Gasteiger charge is -2.35. The number of hydrogen-bond acceptors (Lipinski definition) is 4. The van der Waals surface area contributed by atoms with Crippen LogP contribution < -0.4 is 10.5 Å². The van der Waals surface area contributed by atoms with Crippen molar-refractivity contribution in [2.75, 3.05) is 31.1 Å². The number of rotatable bonds is 3. The van der Waals surface area contributed by atoms with Crippen molar-refractivity contribution in [3.05, 3.63) is 64.6 Å². The molecule has 1 aromatic carbocycles. The summed E-state index contributed by atoms with van der Waals surface area (Å²) in [5.41, 5.74) is 1.74. The molecule has 3 rings (SSSR count). The SMILES string of the molecule is O=C(OCc1ccccc1)N1CCN(c2cc[nH]c(=O)c2)CC1. The molecule has 1 N–H and O–H groups in total. The van der Waals surface area contributed by atoms with Crippen LogP contribution in [-0.2, 0) is 11.3 Å². The van der Waals surface area contributed by atoms with Crippen LogP contribution in [0.2, 0.25) is 0 Å². The summed E-state index contributed by atoms with van der Waals surface area (Å²) in [6.07, 6.45) is 1.34. The first kappa shape index (κ1) is 15.1. The summed E-state index contributed by atoms with van der Waals surface area (Å²) in [5.74, 6) is 0. The van der Waals surface area contributed by atoms with Gasteiger partial charge in [-0.2, -0.15) is 0 Å². The van der Waals surface area contributed by atoms with E-state index in [-0.39, 0.29) is 18.3 Å². The van der Waals surface area contributed by atoms with Crippen LogP contribution in [0.5, 0.6) is 0 Å². The van der Waals surface area contributed by atoms with Crippen molar-refractivity contribution in [3.8, 4) is 0 Å². The van der Waals surface area contributed by atoms with Crippen molar-refractivity contribution in [2.24, 2.45) is 0 Å². The largest absolute Gasteiger partial charge is 0.445 e. The summed E-state index contributed by atoms with van der Waals surface area (Å²) < 4.78 is 5.34. The molecule has 0 saturated carbocycles. The number of aromatic amines is 1. The standard InChI is InChI=1S/C17H19N3O3/c21-16-12-15(6-7-18-16)19-8-10-20(11-9-19)17(22)23-13-14-4-2-1-3-5-14/h1-7,12H,8-11,13H2,(H,18,21). The van der Waals surface area contributed by atoms with E-state index in [0.29, 0.717) is 26.2 Å². The second-order valence-corrected chi connectivity index (χ2v) is 5.43. The molecular formula is C17H19N3O3. The molecule has 0 spiro atoms. The van der Waals surface area contributed by atoms with E-state index in [1.165, 1.54) is 0 Å². The maximum Gasteiger partial charge on any atom is 0.410 e. The molecule has 1 saturated heterocycles. The molecule has 1 aliphatic heterocycles.